The van der Waals surface area contributed by atoms with Gasteiger partial charge in [-0.3, -0.25) is 0 Å². The summed E-state index contributed by atoms with van der Waals surface area (Å²) in [6, 6.07) is 0. The van der Waals surface area contributed by atoms with Gasteiger partial charge in [0.15, 0.2) is 28.7 Å². The quantitative estimate of drug-likeness (QED) is 0.566. The first kappa shape index (κ1) is 18.3. The summed E-state index contributed by atoms with van der Waals surface area (Å²) in [6.45, 7) is 14.0. The smallest absolute Gasteiger partial charge is 0.185 e. The molecular formula is C15H30O5Si2. The predicted molar refractivity (Wildman–Crippen MR) is 89.9 cm³/mol. The molecule has 1 heterocycles. The highest BCUT2D eigenvalue weighted by atomic mass is 28.4. The average molecular weight is 347 g/mol. The van der Waals surface area contributed by atoms with Gasteiger partial charge in [-0.2, -0.15) is 0 Å². The highest BCUT2D eigenvalue weighted by Gasteiger charge is 2.55. The Hall–Kier alpha value is -0.0562. The maximum Gasteiger partial charge on any atom is 0.185 e. The van der Waals surface area contributed by atoms with Crippen LogP contribution in [0.5, 0.6) is 0 Å². The zero-order chi connectivity index (χ0) is 16.6. The first-order valence-electron chi connectivity index (χ1n) is 8.12. The highest BCUT2D eigenvalue weighted by molar-refractivity contribution is 6.70. The standard InChI is InChI=1S/C15H30O5Si2/c1-21(2,3)19-13-11-15(17-9-10-18-15)8-7-14(13,12-16)20-22(4,5)6/h12-13H,7-11H2,1-6H3/t13-,14+/m1/s1. The summed E-state index contributed by atoms with van der Waals surface area (Å²) in [7, 11) is -3.71. The Bertz CT molecular complexity index is 409. The van der Waals surface area contributed by atoms with Gasteiger partial charge in [-0.25, -0.2) is 0 Å². The molecule has 2 fully saturated rings. The van der Waals surface area contributed by atoms with Gasteiger partial charge in [-0.15, -0.1) is 0 Å². The minimum atomic E-state index is -1.88. The van der Waals surface area contributed by atoms with Gasteiger partial charge < -0.3 is 23.1 Å². The minimum absolute atomic E-state index is 0.296. The van der Waals surface area contributed by atoms with Crippen molar-refractivity contribution in [1.29, 1.82) is 0 Å². The van der Waals surface area contributed by atoms with E-state index in [0.29, 0.717) is 32.5 Å². The molecule has 1 aliphatic carbocycles. The molecule has 1 saturated heterocycles. The largest absolute Gasteiger partial charge is 0.411 e. The summed E-state index contributed by atoms with van der Waals surface area (Å²) in [6.07, 6.45) is 2.52. The van der Waals surface area contributed by atoms with Crippen molar-refractivity contribution in [3.63, 3.8) is 0 Å². The van der Waals surface area contributed by atoms with Crippen LogP contribution in [0.1, 0.15) is 19.3 Å². The van der Waals surface area contributed by atoms with E-state index in [1.807, 2.05) is 0 Å². The third kappa shape index (κ3) is 4.27. The summed E-state index contributed by atoms with van der Waals surface area (Å²) < 4.78 is 24.4. The number of carbonyl (C=O) groups is 1. The Kier molecular flexibility index (Phi) is 5.07. The van der Waals surface area contributed by atoms with Gasteiger partial charge in [0.05, 0.1) is 19.3 Å². The summed E-state index contributed by atoms with van der Waals surface area (Å²) in [5, 5.41) is 0. The molecule has 7 heteroatoms. The van der Waals surface area contributed by atoms with Crippen molar-refractivity contribution in [2.75, 3.05) is 13.2 Å². The van der Waals surface area contributed by atoms with E-state index in [4.69, 9.17) is 18.3 Å². The second-order valence-corrected chi connectivity index (χ2v) is 17.2. The summed E-state index contributed by atoms with van der Waals surface area (Å²) in [5.74, 6) is -0.584. The van der Waals surface area contributed by atoms with E-state index in [2.05, 4.69) is 39.3 Å². The molecule has 2 aliphatic rings. The summed E-state index contributed by atoms with van der Waals surface area (Å²) >= 11 is 0. The van der Waals surface area contributed by atoms with Crippen molar-refractivity contribution in [1.82, 2.24) is 0 Å². The molecule has 0 aromatic heterocycles. The molecule has 0 bridgehead atoms. The van der Waals surface area contributed by atoms with Crippen LogP contribution in [-0.4, -0.2) is 53.6 Å². The van der Waals surface area contributed by atoms with Crippen LogP contribution in [0.15, 0.2) is 0 Å². The van der Waals surface area contributed by atoms with E-state index >= 15 is 0 Å². The van der Waals surface area contributed by atoms with Crippen molar-refractivity contribution < 1.29 is 23.1 Å². The molecule has 0 aromatic rings. The lowest BCUT2D eigenvalue weighted by atomic mass is 9.80. The second-order valence-electron chi connectivity index (χ2n) is 8.32. The fourth-order valence-corrected chi connectivity index (χ4v) is 5.84. The normalized spacial score (nSPS) is 32.4. The molecule has 0 amide bonds. The Morgan fingerprint density at radius 1 is 1.00 bits per heavy atom. The second kappa shape index (κ2) is 6.10. The molecule has 2 rings (SSSR count). The number of rotatable bonds is 5. The van der Waals surface area contributed by atoms with E-state index < -0.39 is 28.0 Å². The van der Waals surface area contributed by atoms with Crippen LogP contribution < -0.4 is 0 Å². The molecule has 2 atom stereocenters. The van der Waals surface area contributed by atoms with Crippen molar-refractivity contribution in [3.05, 3.63) is 0 Å². The van der Waals surface area contributed by atoms with E-state index in [9.17, 15) is 4.79 Å². The maximum absolute atomic E-state index is 12.0. The van der Waals surface area contributed by atoms with Gasteiger partial charge in [0.1, 0.15) is 5.60 Å². The van der Waals surface area contributed by atoms with E-state index in [0.717, 1.165) is 6.29 Å². The molecule has 5 nitrogen and oxygen atoms in total. The zero-order valence-corrected chi connectivity index (χ0v) is 16.7. The van der Waals surface area contributed by atoms with Gasteiger partial charge in [-0.1, -0.05) is 0 Å². The third-order valence-corrected chi connectivity index (χ3v) is 5.93. The number of ether oxygens (including phenoxy) is 2. The van der Waals surface area contributed by atoms with Gasteiger partial charge in [-0.05, 0) is 45.7 Å². The van der Waals surface area contributed by atoms with Crippen molar-refractivity contribution in [2.24, 2.45) is 0 Å². The minimum Gasteiger partial charge on any atom is -0.411 e. The molecule has 0 aromatic carbocycles. The third-order valence-electron chi connectivity index (χ3n) is 3.94. The lowest BCUT2D eigenvalue weighted by Gasteiger charge is -2.49. The van der Waals surface area contributed by atoms with Crippen LogP contribution >= 0.6 is 0 Å². The van der Waals surface area contributed by atoms with E-state index in [1.165, 1.54) is 0 Å². The van der Waals surface area contributed by atoms with Crippen LogP contribution in [0.25, 0.3) is 0 Å². The van der Waals surface area contributed by atoms with E-state index in [1.54, 1.807) is 0 Å². The molecule has 128 valence electrons. The first-order chi connectivity index (χ1) is 9.99. The van der Waals surface area contributed by atoms with Crippen molar-refractivity contribution in [3.8, 4) is 0 Å². The van der Waals surface area contributed by atoms with Gasteiger partial charge in [0, 0.05) is 12.8 Å². The lowest BCUT2D eigenvalue weighted by Crippen LogP contribution is -2.61. The Labute approximate surface area is 135 Å². The number of carbonyl (C=O) groups excluding carboxylic acids is 1. The molecule has 22 heavy (non-hydrogen) atoms. The molecule has 1 spiro atoms. The van der Waals surface area contributed by atoms with Gasteiger partial charge >= 0.3 is 0 Å². The predicted octanol–water partition coefficient (Wildman–Crippen LogP) is 2.92. The maximum atomic E-state index is 12.0. The van der Waals surface area contributed by atoms with Crippen LogP contribution in [0.2, 0.25) is 39.3 Å². The van der Waals surface area contributed by atoms with Gasteiger partial charge in [0.2, 0.25) is 0 Å². The molecule has 1 aliphatic heterocycles. The monoisotopic (exact) mass is 346 g/mol. The van der Waals surface area contributed by atoms with Crippen molar-refractivity contribution >= 4 is 22.9 Å². The van der Waals surface area contributed by atoms with Gasteiger partial charge in [0.25, 0.3) is 0 Å². The van der Waals surface area contributed by atoms with E-state index in [-0.39, 0.29) is 6.10 Å². The highest BCUT2D eigenvalue weighted by Crippen LogP contribution is 2.44. The topological polar surface area (TPSA) is 54.0 Å². The van der Waals surface area contributed by atoms with Crippen LogP contribution in [0.4, 0.5) is 0 Å². The number of hydrogen-bond donors (Lipinski definition) is 0. The fourth-order valence-electron chi connectivity index (χ4n) is 3.28. The molecule has 0 N–H and O–H groups in total. The van der Waals surface area contributed by atoms with Crippen LogP contribution in [0.3, 0.4) is 0 Å². The molecule has 0 radical (unpaired) electrons. The Balaban J connectivity index is 2.28. The first-order valence-corrected chi connectivity index (χ1v) is 14.9. The Morgan fingerprint density at radius 2 is 1.59 bits per heavy atom. The van der Waals surface area contributed by atoms with Crippen LogP contribution in [0, 0.1) is 0 Å². The lowest BCUT2D eigenvalue weighted by molar-refractivity contribution is -0.223. The number of hydrogen-bond acceptors (Lipinski definition) is 5. The van der Waals surface area contributed by atoms with Crippen LogP contribution in [-0.2, 0) is 23.1 Å². The molecular weight excluding hydrogens is 316 g/mol. The zero-order valence-electron chi connectivity index (χ0n) is 14.7. The van der Waals surface area contributed by atoms with Crippen molar-refractivity contribution in [2.45, 2.75) is 76.0 Å². The average Bonchev–Trinajstić information content (AvgIpc) is 2.78. The molecule has 0 unspecified atom stereocenters. The Morgan fingerprint density at radius 3 is 2.05 bits per heavy atom. The number of aldehydes is 1. The summed E-state index contributed by atoms with van der Waals surface area (Å²) in [5.41, 5.74) is -0.856. The summed E-state index contributed by atoms with van der Waals surface area (Å²) in [4.78, 5) is 12.0. The fraction of sp³-hybridized carbons (Fsp3) is 0.933. The molecule has 1 saturated carbocycles. The SMILES string of the molecule is C[Si](C)(C)O[C@@H]1CC2(CC[C@@]1(C=O)O[Si](C)(C)C)OCCO2.